The molecule has 0 aromatic carbocycles. The van der Waals surface area contributed by atoms with Gasteiger partial charge in [-0.2, -0.15) is 39.5 Å². The van der Waals surface area contributed by atoms with Crippen LogP contribution < -0.4 is 0 Å². The number of halogens is 9. The van der Waals surface area contributed by atoms with Crippen LogP contribution in [0.15, 0.2) is 0 Å². The van der Waals surface area contributed by atoms with Crippen LogP contribution in [0.25, 0.3) is 0 Å². The summed E-state index contributed by atoms with van der Waals surface area (Å²) in [6, 6.07) is 0. The quantitative estimate of drug-likeness (QED) is 0.490. The number of rotatable bonds is 3. The zero-order valence-corrected chi connectivity index (χ0v) is 11.5. The first-order valence-electron chi connectivity index (χ1n) is 3.93. The molecule has 0 atom stereocenters. The molecule has 6 nitrogen and oxygen atoms in total. The minimum absolute atomic E-state index is 0. The molecule has 135 valence electrons. The van der Waals surface area contributed by atoms with Crippen molar-refractivity contribution >= 4 is 48.4 Å². The monoisotopic (exact) mass is 419 g/mol. The van der Waals surface area contributed by atoms with E-state index in [9.17, 15) is 64.8 Å². The van der Waals surface area contributed by atoms with E-state index in [1.807, 2.05) is 0 Å². The normalized spacial score (nSPS) is 15.4. The van der Waals surface area contributed by atoms with Gasteiger partial charge in [-0.05, 0) is 0 Å². The molecule has 0 spiro atoms. The van der Waals surface area contributed by atoms with Gasteiger partial charge in [0.1, 0.15) is 0 Å². The predicted molar refractivity (Wildman–Crippen MR) is 55.3 cm³/mol. The summed E-state index contributed by atoms with van der Waals surface area (Å²) in [5.74, 6) is 0. The van der Waals surface area contributed by atoms with Crippen LogP contribution in [0.2, 0.25) is 0 Å². The van der Waals surface area contributed by atoms with Gasteiger partial charge in [-0.25, -0.2) is 25.3 Å². The average Bonchev–Trinajstić information content (AvgIpc) is 2.09. The van der Waals surface area contributed by atoms with Crippen LogP contribution in [0.5, 0.6) is 0 Å². The zero-order chi connectivity index (χ0) is 18.6. The van der Waals surface area contributed by atoms with Gasteiger partial charge in [0.15, 0.2) is 0 Å². The molecular formula is C4HF9LiO6S3. The first-order valence-corrected chi connectivity index (χ1v) is 8.38. The average molecular weight is 419 g/mol. The van der Waals surface area contributed by atoms with Crippen LogP contribution in [0.4, 0.5) is 39.5 Å². The van der Waals surface area contributed by atoms with Crippen molar-refractivity contribution in [3.63, 3.8) is 0 Å². The number of hydrogen-bond acceptors (Lipinski definition) is 6. The summed E-state index contributed by atoms with van der Waals surface area (Å²) < 4.78 is 167. The fourth-order valence-corrected chi connectivity index (χ4v) is 6.45. The molecule has 0 bridgehead atoms. The molecule has 0 N–H and O–H groups in total. The SMILES string of the molecule is O=S(=O)([C](S(=O)(=O)C(F)(F)F)S(=O)(=O)C(F)(F)F)C(F)(F)F.[LiH]. The minimum atomic E-state index is -8.02. The summed E-state index contributed by atoms with van der Waals surface area (Å²) in [5, 5.41) is 0. The van der Waals surface area contributed by atoms with Crippen molar-refractivity contribution in [2.75, 3.05) is 0 Å². The second-order valence-corrected chi connectivity index (χ2v) is 9.51. The topological polar surface area (TPSA) is 102 Å². The second kappa shape index (κ2) is 6.27. The first-order chi connectivity index (χ1) is 9.12. The summed E-state index contributed by atoms with van der Waals surface area (Å²) in [6.07, 6.45) is 0. The molecule has 0 rings (SSSR count). The molecule has 0 saturated carbocycles. The Hall–Kier alpha value is -0.183. The third-order valence-electron chi connectivity index (χ3n) is 1.57. The van der Waals surface area contributed by atoms with Gasteiger partial charge in [-0.15, -0.1) is 0 Å². The maximum absolute atomic E-state index is 12.0. The summed E-state index contributed by atoms with van der Waals surface area (Å²) in [7, 11) is -24.1. The van der Waals surface area contributed by atoms with Gasteiger partial charge in [0.25, 0.3) is 29.5 Å². The van der Waals surface area contributed by atoms with Gasteiger partial charge in [0, 0.05) is 0 Å². The molecule has 0 aliphatic rings. The van der Waals surface area contributed by atoms with E-state index in [1.54, 1.807) is 0 Å². The van der Waals surface area contributed by atoms with Crippen LogP contribution in [0, 0.1) is 3.91 Å². The Labute approximate surface area is 133 Å². The van der Waals surface area contributed by atoms with Crippen molar-refractivity contribution < 1.29 is 64.8 Å². The molecule has 0 saturated heterocycles. The van der Waals surface area contributed by atoms with Crippen molar-refractivity contribution in [1.29, 1.82) is 0 Å². The number of sulfone groups is 3. The Bertz CT molecular complexity index is 634. The van der Waals surface area contributed by atoms with E-state index in [0.29, 0.717) is 0 Å². The van der Waals surface area contributed by atoms with Gasteiger partial charge in [-0.1, -0.05) is 0 Å². The summed E-state index contributed by atoms with van der Waals surface area (Å²) >= 11 is 0. The van der Waals surface area contributed by atoms with Crippen LogP contribution in [0.1, 0.15) is 0 Å². The Balaban J connectivity index is 0. The molecule has 0 unspecified atom stereocenters. The van der Waals surface area contributed by atoms with Crippen molar-refractivity contribution in [1.82, 2.24) is 0 Å². The number of hydrogen-bond donors (Lipinski definition) is 0. The Morgan fingerprint density at radius 2 is 0.609 bits per heavy atom. The third kappa shape index (κ3) is 4.27. The Morgan fingerprint density at radius 1 is 0.478 bits per heavy atom. The molecule has 19 heteroatoms. The summed E-state index contributed by atoms with van der Waals surface area (Å²) in [4.78, 5) is 0. The van der Waals surface area contributed by atoms with Gasteiger partial charge < -0.3 is 0 Å². The van der Waals surface area contributed by atoms with Gasteiger partial charge in [0.2, 0.25) is 0 Å². The van der Waals surface area contributed by atoms with E-state index in [2.05, 4.69) is 0 Å². The van der Waals surface area contributed by atoms with Crippen LogP contribution in [-0.2, 0) is 29.5 Å². The second-order valence-electron chi connectivity index (χ2n) is 3.10. The molecule has 0 amide bonds. The fraction of sp³-hybridized carbons (Fsp3) is 0.750. The Kier molecular flexibility index (Phi) is 6.84. The molecular weight excluding hydrogens is 418 g/mol. The first kappa shape index (κ1) is 25.1. The molecule has 1 radical (unpaired) electrons. The van der Waals surface area contributed by atoms with Crippen molar-refractivity contribution in [2.24, 2.45) is 0 Å². The van der Waals surface area contributed by atoms with Crippen LogP contribution in [-0.4, -0.2) is 60.6 Å². The summed E-state index contributed by atoms with van der Waals surface area (Å²) in [5.41, 5.74) is -21.2. The van der Waals surface area contributed by atoms with E-state index >= 15 is 0 Å². The van der Waals surface area contributed by atoms with Gasteiger partial charge in [-0.3, -0.25) is 0 Å². The van der Waals surface area contributed by atoms with Crippen LogP contribution in [0.3, 0.4) is 0 Å². The zero-order valence-electron chi connectivity index (χ0n) is 9.08. The van der Waals surface area contributed by atoms with Gasteiger partial charge in [0.05, 0.1) is 0 Å². The van der Waals surface area contributed by atoms with E-state index in [1.165, 1.54) is 0 Å². The molecule has 0 fully saturated rings. The molecule has 0 heterocycles. The standard InChI is InChI=1S/C4F9O6S3.Li.H/c5-2(6,7)20(14,15)1(21(16,17)3(8,9)10)22(18,19)4(11,12)13;;. The molecule has 0 aliphatic heterocycles. The van der Waals surface area contributed by atoms with Crippen LogP contribution >= 0.6 is 0 Å². The molecule has 23 heavy (non-hydrogen) atoms. The maximum atomic E-state index is 12.0. The summed E-state index contributed by atoms with van der Waals surface area (Å²) in [6.45, 7) is 0. The van der Waals surface area contributed by atoms with E-state index < -0.39 is 50.0 Å². The van der Waals surface area contributed by atoms with Crippen molar-refractivity contribution in [2.45, 2.75) is 16.5 Å². The molecule has 0 aromatic rings. The van der Waals surface area contributed by atoms with E-state index in [-0.39, 0.29) is 18.9 Å². The molecule has 0 aromatic heterocycles. The van der Waals surface area contributed by atoms with Crippen molar-refractivity contribution in [3.05, 3.63) is 3.91 Å². The third-order valence-corrected chi connectivity index (χ3v) is 8.67. The Morgan fingerprint density at radius 3 is 0.696 bits per heavy atom. The van der Waals surface area contributed by atoms with E-state index in [0.717, 1.165) is 0 Å². The predicted octanol–water partition coefficient (Wildman–Crippen LogP) is 0.589. The fourth-order valence-electron chi connectivity index (χ4n) is 0.717. The van der Waals surface area contributed by atoms with Crippen molar-refractivity contribution in [3.8, 4) is 0 Å². The van der Waals surface area contributed by atoms with E-state index in [4.69, 9.17) is 0 Å². The van der Waals surface area contributed by atoms with Gasteiger partial charge >= 0.3 is 39.3 Å². The number of alkyl halides is 9. The molecule has 0 aliphatic carbocycles.